The van der Waals surface area contributed by atoms with Gasteiger partial charge in [-0.1, -0.05) is 18.2 Å². The molecule has 0 atom stereocenters. The predicted molar refractivity (Wildman–Crippen MR) is 108 cm³/mol. The summed E-state index contributed by atoms with van der Waals surface area (Å²) in [5.41, 5.74) is 2.65. The van der Waals surface area contributed by atoms with Crippen molar-refractivity contribution in [3.8, 4) is 11.5 Å². The average molecular weight is 382 g/mol. The minimum atomic E-state index is -0.0135. The van der Waals surface area contributed by atoms with E-state index in [1.165, 1.54) is 11.3 Å². The number of nitrogens with zero attached hydrogens (tertiary/aromatic N) is 2. The second-order valence-corrected chi connectivity index (χ2v) is 6.85. The lowest BCUT2D eigenvalue weighted by molar-refractivity contribution is -0.117. The molecule has 0 aliphatic rings. The fraction of sp³-hybridized carbons (Fsp3) is 0.238. The minimum Gasteiger partial charge on any atom is -0.497 e. The number of methoxy groups -OCH3 is 2. The number of amides is 1. The topological polar surface area (TPSA) is 51.7 Å². The number of hydrogen-bond acceptors (Lipinski definition) is 5. The van der Waals surface area contributed by atoms with Gasteiger partial charge in [-0.3, -0.25) is 9.69 Å². The first-order chi connectivity index (χ1) is 13.1. The van der Waals surface area contributed by atoms with Gasteiger partial charge in [0.15, 0.2) is 5.13 Å². The quantitative estimate of drug-likeness (QED) is 0.591. The van der Waals surface area contributed by atoms with Gasteiger partial charge < -0.3 is 9.47 Å². The van der Waals surface area contributed by atoms with E-state index in [9.17, 15) is 4.79 Å². The highest BCUT2D eigenvalue weighted by molar-refractivity contribution is 7.14. The van der Waals surface area contributed by atoms with Gasteiger partial charge in [0.25, 0.3) is 0 Å². The largest absolute Gasteiger partial charge is 0.497 e. The summed E-state index contributed by atoms with van der Waals surface area (Å²) < 4.78 is 10.7. The maximum atomic E-state index is 13.1. The Morgan fingerprint density at radius 1 is 1.11 bits per heavy atom. The van der Waals surface area contributed by atoms with E-state index in [4.69, 9.17) is 9.47 Å². The number of para-hydroxylation sites is 1. The van der Waals surface area contributed by atoms with Crippen molar-refractivity contribution in [2.75, 3.05) is 19.1 Å². The van der Waals surface area contributed by atoms with Crippen LogP contribution in [0.2, 0.25) is 0 Å². The van der Waals surface area contributed by atoms with E-state index in [0.717, 1.165) is 28.4 Å². The third-order valence-corrected chi connectivity index (χ3v) is 5.10. The molecule has 3 aromatic rings. The van der Waals surface area contributed by atoms with Crippen LogP contribution < -0.4 is 14.4 Å². The monoisotopic (exact) mass is 382 g/mol. The number of aromatic nitrogens is 1. The number of benzene rings is 2. The Hall–Kier alpha value is -2.86. The van der Waals surface area contributed by atoms with E-state index < -0.39 is 0 Å². The van der Waals surface area contributed by atoms with E-state index in [1.807, 2.05) is 60.8 Å². The molecule has 3 rings (SSSR count). The molecule has 0 spiro atoms. The van der Waals surface area contributed by atoms with E-state index in [0.29, 0.717) is 18.0 Å². The highest BCUT2D eigenvalue weighted by Crippen LogP contribution is 2.30. The second kappa shape index (κ2) is 8.68. The van der Waals surface area contributed by atoms with Crippen LogP contribution in [0, 0.1) is 6.92 Å². The first-order valence-corrected chi connectivity index (χ1v) is 9.51. The Balaban J connectivity index is 1.84. The number of aryl methyl sites for hydroxylation is 2. The maximum Gasteiger partial charge on any atom is 0.233 e. The number of thiazole rings is 1. The maximum absolute atomic E-state index is 13.1. The van der Waals surface area contributed by atoms with Crippen LogP contribution in [0.3, 0.4) is 0 Å². The molecule has 2 aromatic carbocycles. The van der Waals surface area contributed by atoms with Crippen molar-refractivity contribution in [2.45, 2.75) is 19.8 Å². The van der Waals surface area contributed by atoms with Gasteiger partial charge in [-0.05, 0) is 49.2 Å². The summed E-state index contributed by atoms with van der Waals surface area (Å²) in [4.78, 5) is 19.3. The number of hydrogen-bond donors (Lipinski definition) is 0. The molecule has 1 heterocycles. The molecule has 0 N–H and O–H groups in total. The molecular weight excluding hydrogens is 360 g/mol. The standard InChI is InChI=1S/C21H22N2O3S/c1-15-14-27-21(22-15)23(17-7-5-4-6-8-17)20(24)12-9-16-13-18(25-2)10-11-19(16)26-3/h4-8,10-11,13-14H,9,12H2,1-3H3. The van der Waals surface area contributed by atoms with Crippen LogP contribution in [0.25, 0.3) is 0 Å². The van der Waals surface area contributed by atoms with Gasteiger partial charge >= 0.3 is 0 Å². The minimum absolute atomic E-state index is 0.0135. The molecule has 0 radical (unpaired) electrons. The fourth-order valence-corrected chi connectivity index (χ4v) is 3.65. The lowest BCUT2D eigenvalue weighted by Gasteiger charge is -2.20. The SMILES string of the molecule is COc1ccc(OC)c(CCC(=O)N(c2ccccc2)c2nc(C)cs2)c1. The van der Waals surface area contributed by atoms with E-state index >= 15 is 0 Å². The number of carbonyl (C=O) groups is 1. The fourth-order valence-electron chi connectivity index (χ4n) is 2.81. The zero-order valence-electron chi connectivity index (χ0n) is 15.6. The number of rotatable bonds is 7. The van der Waals surface area contributed by atoms with Crippen molar-refractivity contribution in [3.05, 3.63) is 65.2 Å². The average Bonchev–Trinajstić information content (AvgIpc) is 3.12. The molecule has 0 aliphatic carbocycles. The summed E-state index contributed by atoms with van der Waals surface area (Å²) in [5.74, 6) is 1.48. The lowest BCUT2D eigenvalue weighted by Crippen LogP contribution is -2.26. The van der Waals surface area contributed by atoms with Gasteiger partial charge in [-0.2, -0.15) is 0 Å². The Morgan fingerprint density at radius 3 is 2.52 bits per heavy atom. The molecule has 0 saturated carbocycles. The van der Waals surface area contributed by atoms with Crippen molar-refractivity contribution < 1.29 is 14.3 Å². The third-order valence-electron chi connectivity index (χ3n) is 4.16. The highest BCUT2D eigenvalue weighted by Gasteiger charge is 2.21. The smallest absolute Gasteiger partial charge is 0.233 e. The summed E-state index contributed by atoms with van der Waals surface area (Å²) in [6.07, 6.45) is 0.879. The molecule has 0 unspecified atom stereocenters. The molecular formula is C21H22N2O3S. The van der Waals surface area contributed by atoms with Crippen molar-refractivity contribution >= 4 is 28.1 Å². The molecule has 1 amide bonds. The van der Waals surface area contributed by atoms with Gasteiger partial charge in [-0.25, -0.2) is 4.98 Å². The van der Waals surface area contributed by atoms with Crippen molar-refractivity contribution in [1.29, 1.82) is 0 Å². The highest BCUT2D eigenvalue weighted by atomic mass is 32.1. The Bertz CT molecular complexity index is 909. The van der Waals surface area contributed by atoms with Gasteiger partial charge in [0.05, 0.1) is 25.6 Å². The Kier molecular flexibility index (Phi) is 6.08. The normalized spacial score (nSPS) is 10.5. The number of carbonyl (C=O) groups excluding carboxylic acids is 1. The molecule has 5 nitrogen and oxygen atoms in total. The summed E-state index contributed by atoms with van der Waals surface area (Å²) >= 11 is 1.47. The number of anilines is 2. The predicted octanol–water partition coefficient (Wildman–Crippen LogP) is 4.77. The molecule has 0 saturated heterocycles. The van der Waals surface area contributed by atoms with Crippen molar-refractivity contribution in [3.63, 3.8) is 0 Å². The van der Waals surface area contributed by atoms with Crippen LogP contribution in [-0.2, 0) is 11.2 Å². The molecule has 0 fully saturated rings. The van der Waals surface area contributed by atoms with Crippen LogP contribution in [0.5, 0.6) is 11.5 Å². The summed E-state index contributed by atoms with van der Waals surface area (Å²) in [6, 6.07) is 15.2. The first-order valence-electron chi connectivity index (χ1n) is 8.63. The zero-order valence-corrected chi connectivity index (χ0v) is 16.5. The molecule has 27 heavy (non-hydrogen) atoms. The molecule has 6 heteroatoms. The van der Waals surface area contributed by atoms with Gasteiger partial charge in [0, 0.05) is 11.8 Å². The molecule has 1 aromatic heterocycles. The van der Waals surface area contributed by atoms with Gasteiger partial charge in [0.1, 0.15) is 11.5 Å². The van der Waals surface area contributed by atoms with Crippen molar-refractivity contribution in [1.82, 2.24) is 4.98 Å². The third kappa shape index (κ3) is 4.46. The van der Waals surface area contributed by atoms with E-state index in [2.05, 4.69) is 4.98 Å². The second-order valence-electron chi connectivity index (χ2n) is 6.01. The molecule has 0 aliphatic heterocycles. The zero-order chi connectivity index (χ0) is 19.2. The number of ether oxygens (including phenoxy) is 2. The van der Waals surface area contributed by atoms with E-state index in [-0.39, 0.29) is 5.91 Å². The summed E-state index contributed by atoms with van der Waals surface area (Å²) in [5, 5.41) is 2.63. The van der Waals surface area contributed by atoms with Crippen LogP contribution in [-0.4, -0.2) is 25.1 Å². The Morgan fingerprint density at radius 2 is 1.89 bits per heavy atom. The van der Waals surface area contributed by atoms with Crippen molar-refractivity contribution in [2.24, 2.45) is 0 Å². The van der Waals surface area contributed by atoms with Crippen LogP contribution in [0.1, 0.15) is 17.7 Å². The summed E-state index contributed by atoms with van der Waals surface area (Å²) in [6.45, 7) is 1.93. The molecule has 140 valence electrons. The summed E-state index contributed by atoms with van der Waals surface area (Å²) in [7, 11) is 3.25. The van der Waals surface area contributed by atoms with Crippen LogP contribution >= 0.6 is 11.3 Å². The van der Waals surface area contributed by atoms with Gasteiger partial charge in [-0.15, -0.1) is 11.3 Å². The first kappa shape index (κ1) is 18.9. The molecule has 0 bridgehead atoms. The lowest BCUT2D eigenvalue weighted by atomic mass is 10.1. The van der Waals surface area contributed by atoms with E-state index in [1.54, 1.807) is 19.1 Å². The van der Waals surface area contributed by atoms with Crippen LogP contribution in [0.15, 0.2) is 53.9 Å². The van der Waals surface area contributed by atoms with Gasteiger partial charge in [0.2, 0.25) is 5.91 Å². The Labute approximate surface area is 163 Å². The van der Waals surface area contributed by atoms with Crippen LogP contribution in [0.4, 0.5) is 10.8 Å².